The molecule has 2 heteroatoms. The summed E-state index contributed by atoms with van der Waals surface area (Å²) in [4.78, 5) is 0. The van der Waals surface area contributed by atoms with Gasteiger partial charge in [0.05, 0.1) is 11.0 Å². The fourth-order valence-corrected chi connectivity index (χ4v) is 5.08. The zero-order valence-electron chi connectivity index (χ0n) is 17.4. The van der Waals surface area contributed by atoms with Gasteiger partial charge in [0, 0.05) is 33.2 Å². The third-order valence-electron chi connectivity index (χ3n) is 6.50. The van der Waals surface area contributed by atoms with Crippen LogP contribution in [0.2, 0.25) is 0 Å². The van der Waals surface area contributed by atoms with Gasteiger partial charge in [-0.2, -0.15) is 0 Å². The zero-order valence-corrected chi connectivity index (χ0v) is 17.4. The Balaban J connectivity index is 1.48. The van der Waals surface area contributed by atoms with E-state index in [1.54, 1.807) is 0 Å². The number of benzene rings is 6. The Morgan fingerprint density at radius 3 is 2.16 bits per heavy atom. The average molecular weight is 409 g/mol. The molecule has 0 unspecified atom stereocenters. The topological polar surface area (TPSA) is 17.0 Å². The molecule has 1 N–H and O–H groups in total. The molecule has 0 saturated heterocycles. The molecule has 0 aliphatic carbocycles. The third kappa shape index (κ3) is 2.47. The molecule has 0 saturated carbocycles. The minimum Gasteiger partial charge on any atom is -0.355 e. The molecule has 2 nitrogen and oxygen atoms in total. The van der Waals surface area contributed by atoms with Crippen molar-refractivity contribution < 1.29 is 0 Å². The van der Waals surface area contributed by atoms with E-state index in [0.29, 0.717) is 0 Å². The quantitative estimate of drug-likeness (QED) is 0.291. The summed E-state index contributed by atoms with van der Waals surface area (Å²) in [7, 11) is 0. The van der Waals surface area contributed by atoms with Crippen molar-refractivity contribution in [2.24, 2.45) is 0 Å². The van der Waals surface area contributed by atoms with E-state index in [0.717, 1.165) is 11.4 Å². The number of aromatic nitrogens is 1. The van der Waals surface area contributed by atoms with Crippen molar-refractivity contribution in [3.63, 3.8) is 0 Å². The maximum Gasteiger partial charge on any atom is 0.0548 e. The number of nitrogens with zero attached hydrogens (tertiary/aromatic N) is 1. The fraction of sp³-hybridized carbons (Fsp3) is 0. The van der Waals surface area contributed by atoms with Gasteiger partial charge in [-0.1, -0.05) is 72.8 Å². The Kier molecular flexibility index (Phi) is 3.58. The predicted molar refractivity (Wildman–Crippen MR) is 137 cm³/mol. The molecule has 0 radical (unpaired) electrons. The standard InChI is InChI=1S/C30H20N2/c1-2-10-24(11-3-1)32-27-12-6-9-21-14-16-25-26(17-18-28(32)30(25)29(21)27)31-23-15-13-20-7-4-5-8-22(20)19-23/h1-19,31H. The second-order valence-electron chi connectivity index (χ2n) is 8.35. The molecule has 1 heterocycles. The van der Waals surface area contributed by atoms with Crippen molar-refractivity contribution in [3.05, 3.63) is 115 Å². The van der Waals surface area contributed by atoms with Crippen molar-refractivity contribution in [1.82, 2.24) is 4.57 Å². The summed E-state index contributed by atoms with van der Waals surface area (Å²) in [5.41, 5.74) is 5.91. The summed E-state index contributed by atoms with van der Waals surface area (Å²) < 4.78 is 2.38. The molecule has 0 atom stereocenters. The molecule has 1 aromatic heterocycles. The van der Waals surface area contributed by atoms with Gasteiger partial charge in [0.15, 0.2) is 0 Å². The highest BCUT2D eigenvalue weighted by atomic mass is 15.0. The highest BCUT2D eigenvalue weighted by Gasteiger charge is 2.18. The molecule has 0 bridgehead atoms. The Labute approximate surface area is 185 Å². The summed E-state index contributed by atoms with van der Waals surface area (Å²) in [5, 5.41) is 11.3. The van der Waals surface area contributed by atoms with Gasteiger partial charge in [0.25, 0.3) is 0 Å². The first-order chi connectivity index (χ1) is 15.9. The van der Waals surface area contributed by atoms with Crippen LogP contribution in [0.25, 0.3) is 49.0 Å². The van der Waals surface area contributed by atoms with Crippen molar-refractivity contribution in [3.8, 4) is 5.69 Å². The van der Waals surface area contributed by atoms with E-state index in [1.807, 2.05) is 0 Å². The van der Waals surface area contributed by atoms with Crippen molar-refractivity contribution in [1.29, 1.82) is 0 Å². The van der Waals surface area contributed by atoms with E-state index in [-0.39, 0.29) is 0 Å². The van der Waals surface area contributed by atoms with Crippen LogP contribution in [0.15, 0.2) is 115 Å². The average Bonchev–Trinajstić information content (AvgIpc) is 3.19. The first-order valence-corrected chi connectivity index (χ1v) is 11.0. The van der Waals surface area contributed by atoms with Crippen LogP contribution >= 0.6 is 0 Å². The third-order valence-corrected chi connectivity index (χ3v) is 6.50. The largest absolute Gasteiger partial charge is 0.355 e. The summed E-state index contributed by atoms with van der Waals surface area (Å²) in [6.45, 7) is 0. The molecule has 0 amide bonds. The number of rotatable bonds is 3. The fourth-order valence-electron chi connectivity index (χ4n) is 5.08. The first-order valence-electron chi connectivity index (χ1n) is 11.0. The number of hydrogen-bond donors (Lipinski definition) is 1. The molecule has 7 aromatic rings. The summed E-state index contributed by atoms with van der Waals surface area (Å²) >= 11 is 0. The molecule has 0 aliphatic rings. The maximum absolute atomic E-state index is 3.69. The summed E-state index contributed by atoms with van der Waals surface area (Å²) in [6, 6.07) is 41.2. The van der Waals surface area contributed by atoms with Crippen LogP contribution in [0, 0.1) is 0 Å². The first kappa shape index (κ1) is 17.4. The van der Waals surface area contributed by atoms with E-state index in [9.17, 15) is 0 Å². The molecule has 0 aliphatic heterocycles. The maximum atomic E-state index is 3.69. The number of nitrogens with one attached hydrogen (secondary N) is 1. The van der Waals surface area contributed by atoms with E-state index < -0.39 is 0 Å². The lowest BCUT2D eigenvalue weighted by Gasteiger charge is -2.12. The van der Waals surface area contributed by atoms with Crippen LogP contribution in [-0.2, 0) is 0 Å². The van der Waals surface area contributed by atoms with Gasteiger partial charge in [-0.25, -0.2) is 0 Å². The second kappa shape index (κ2) is 6.60. The Morgan fingerprint density at radius 1 is 0.500 bits per heavy atom. The van der Waals surface area contributed by atoms with Crippen LogP contribution in [0.4, 0.5) is 11.4 Å². The monoisotopic (exact) mass is 408 g/mol. The lowest BCUT2D eigenvalue weighted by atomic mass is 10.0. The zero-order chi connectivity index (χ0) is 21.1. The highest BCUT2D eigenvalue weighted by molar-refractivity contribution is 6.26. The lowest BCUT2D eigenvalue weighted by Crippen LogP contribution is -1.94. The van der Waals surface area contributed by atoms with Crippen LogP contribution < -0.4 is 5.32 Å². The minimum atomic E-state index is 1.10. The summed E-state index contributed by atoms with van der Waals surface area (Å²) in [5.74, 6) is 0. The van der Waals surface area contributed by atoms with Crippen LogP contribution in [-0.4, -0.2) is 4.57 Å². The minimum absolute atomic E-state index is 1.10. The van der Waals surface area contributed by atoms with E-state index in [1.165, 1.54) is 49.0 Å². The summed E-state index contributed by atoms with van der Waals surface area (Å²) in [6.07, 6.45) is 0. The molecule has 150 valence electrons. The highest BCUT2D eigenvalue weighted by Crippen LogP contribution is 2.42. The number of anilines is 2. The van der Waals surface area contributed by atoms with Gasteiger partial charge in [0.1, 0.15) is 0 Å². The Hall–Kier alpha value is -4.30. The van der Waals surface area contributed by atoms with Crippen molar-refractivity contribution in [2.45, 2.75) is 0 Å². The van der Waals surface area contributed by atoms with Gasteiger partial charge in [0.2, 0.25) is 0 Å². The number of hydrogen-bond acceptors (Lipinski definition) is 1. The van der Waals surface area contributed by atoms with Gasteiger partial charge in [-0.15, -0.1) is 0 Å². The second-order valence-corrected chi connectivity index (χ2v) is 8.35. The van der Waals surface area contributed by atoms with E-state index >= 15 is 0 Å². The van der Waals surface area contributed by atoms with Gasteiger partial charge in [-0.3, -0.25) is 0 Å². The van der Waals surface area contributed by atoms with Gasteiger partial charge >= 0.3 is 0 Å². The van der Waals surface area contributed by atoms with Crippen molar-refractivity contribution in [2.75, 3.05) is 5.32 Å². The lowest BCUT2D eigenvalue weighted by molar-refractivity contribution is 1.18. The van der Waals surface area contributed by atoms with Crippen LogP contribution in [0.1, 0.15) is 0 Å². The van der Waals surface area contributed by atoms with E-state index in [4.69, 9.17) is 0 Å². The predicted octanol–water partition coefficient (Wildman–Crippen LogP) is 8.27. The number of para-hydroxylation sites is 1. The Morgan fingerprint density at radius 2 is 1.25 bits per heavy atom. The molecular weight excluding hydrogens is 388 g/mol. The molecular formula is C30H20N2. The van der Waals surface area contributed by atoms with Gasteiger partial charge < -0.3 is 9.88 Å². The normalized spacial score (nSPS) is 11.8. The van der Waals surface area contributed by atoms with E-state index in [2.05, 4.69) is 125 Å². The number of fused-ring (bicyclic) bond motifs is 1. The van der Waals surface area contributed by atoms with Crippen molar-refractivity contribution >= 4 is 54.7 Å². The molecule has 7 rings (SSSR count). The SMILES string of the molecule is c1ccc(-n2c3cccc4ccc5c(Nc6ccc7ccccc7c6)ccc2c5c43)cc1. The van der Waals surface area contributed by atoms with Gasteiger partial charge in [-0.05, 0) is 58.6 Å². The Bertz CT molecular complexity index is 1740. The smallest absolute Gasteiger partial charge is 0.0548 e. The van der Waals surface area contributed by atoms with Crippen LogP contribution in [0.5, 0.6) is 0 Å². The molecule has 6 aromatic carbocycles. The molecule has 0 fully saturated rings. The van der Waals surface area contributed by atoms with Crippen LogP contribution in [0.3, 0.4) is 0 Å². The molecule has 0 spiro atoms. The molecule has 32 heavy (non-hydrogen) atoms.